The molecule has 3 aliphatic rings. The predicted molar refractivity (Wildman–Crippen MR) is 148 cm³/mol. The molecule has 0 aromatic carbocycles. The first-order chi connectivity index (χ1) is 19.8. The van der Waals surface area contributed by atoms with E-state index < -0.39 is 96.2 Å². The topological polar surface area (TPSA) is 299 Å². The SMILES string of the molecule is Cc1cn([C@H]2C[C@H](O)[C@@H](C(=O)NCCCN[C@H]3[C@@H](O)[C@H](N)C[C@H](N)[C@H]3[C@H]3O[C@H](CN)[C@@H](O)[C@H](O)[C@H]3N)O2)c(=O)[nH]c1=O. The monoisotopic (exact) mass is 600 g/mol. The van der Waals surface area contributed by atoms with Crippen LogP contribution in [0.25, 0.3) is 0 Å². The fourth-order valence-corrected chi connectivity index (χ4v) is 6.16. The van der Waals surface area contributed by atoms with Crippen molar-refractivity contribution in [1.82, 2.24) is 20.2 Å². The van der Waals surface area contributed by atoms with Crippen molar-refractivity contribution < 1.29 is 34.7 Å². The average molecular weight is 601 g/mol. The molecule has 1 amide bonds. The van der Waals surface area contributed by atoms with Crippen molar-refractivity contribution in [2.75, 3.05) is 19.6 Å². The van der Waals surface area contributed by atoms with Crippen LogP contribution in [0.4, 0.5) is 0 Å². The van der Waals surface area contributed by atoms with Gasteiger partial charge in [0.05, 0.1) is 30.5 Å². The number of hydrogen-bond donors (Lipinski definition) is 11. The zero-order chi connectivity index (χ0) is 30.9. The van der Waals surface area contributed by atoms with Gasteiger partial charge in [0.2, 0.25) is 0 Å². The number of amides is 1. The fourth-order valence-electron chi connectivity index (χ4n) is 6.16. The van der Waals surface area contributed by atoms with Crippen molar-refractivity contribution >= 4 is 5.91 Å². The molecule has 42 heavy (non-hydrogen) atoms. The van der Waals surface area contributed by atoms with E-state index in [0.29, 0.717) is 13.0 Å². The summed E-state index contributed by atoms with van der Waals surface area (Å²) in [4.78, 5) is 38.7. The highest BCUT2D eigenvalue weighted by Gasteiger charge is 2.52. The van der Waals surface area contributed by atoms with Crippen LogP contribution in [0.5, 0.6) is 0 Å². The highest BCUT2D eigenvalue weighted by atomic mass is 16.5. The number of H-pyrrole nitrogens is 1. The van der Waals surface area contributed by atoms with Gasteiger partial charge in [0.15, 0.2) is 6.10 Å². The maximum Gasteiger partial charge on any atom is 0.330 e. The fraction of sp³-hybridized carbons (Fsp3) is 0.800. The summed E-state index contributed by atoms with van der Waals surface area (Å²) in [6.07, 6.45) is -6.58. The van der Waals surface area contributed by atoms with Crippen molar-refractivity contribution in [1.29, 1.82) is 0 Å². The molecule has 15 N–H and O–H groups in total. The summed E-state index contributed by atoms with van der Waals surface area (Å²) in [7, 11) is 0. The third-order valence-corrected chi connectivity index (χ3v) is 8.55. The number of carbonyl (C=O) groups excluding carboxylic acids is 1. The Balaban J connectivity index is 1.32. The summed E-state index contributed by atoms with van der Waals surface area (Å²) in [5, 5.41) is 48.0. The molecular formula is C25H44N8O9. The average Bonchev–Trinajstić information content (AvgIpc) is 3.33. The van der Waals surface area contributed by atoms with E-state index in [1.807, 2.05) is 0 Å². The minimum atomic E-state index is -1.30. The lowest BCUT2D eigenvalue weighted by Gasteiger charge is -2.51. The predicted octanol–water partition coefficient (Wildman–Crippen LogP) is -6.23. The van der Waals surface area contributed by atoms with E-state index in [4.69, 9.17) is 32.4 Å². The van der Waals surface area contributed by atoms with E-state index >= 15 is 0 Å². The zero-order valence-electron chi connectivity index (χ0n) is 23.4. The smallest absolute Gasteiger partial charge is 0.330 e. The Labute approximate surface area is 241 Å². The third kappa shape index (κ3) is 6.61. The number of aliphatic hydroxyl groups is 4. The Morgan fingerprint density at radius 3 is 2.45 bits per heavy atom. The molecule has 0 spiro atoms. The largest absolute Gasteiger partial charge is 0.390 e. The Morgan fingerprint density at radius 2 is 1.76 bits per heavy atom. The van der Waals surface area contributed by atoms with Crippen LogP contribution >= 0.6 is 0 Å². The molecule has 13 atom stereocenters. The number of nitrogens with zero attached hydrogens (tertiary/aromatic N) is 1. The van der Waals surface area contributed by atoms with Crippen LogP contribution in [0.2, 0.25) is 0 Å². The van der Waals surface area contributed by atoms with E-state index in [-0.39, 0.29) is 31.5 Å². The summed E-state index contributed by atoms with van der Waals surface area (Å²) >= 11 is 0. The maximum atomic E-state index is 12.7. The molecule has 0 radical (unpaired) electrons. The van der Waals surface area contributed by atoms with Gasteiger partial charge in [-0.3, -0.25) is 19.1 Å². The van der Waals surface area contributed by atoms with Gasteiger partial charge in [-0.2, -0.15) is 0 Å². The number of ether oxygens (including phenoxy) is 2. The Morgan fingerprint density at radius 1 is 1.05 bits per heavy atom. The molecule has 17 heteroatoms. The lowest BCUT2D eigenvalue weighted by molar-refractivity contribution is -0.199. The summed E-state index contributed by atoms with van der Waals surface area (Å²) in [6, 6.07) is -2.82. The first-order valence-electron chi connectivity index (χ1n) is 14.2. The molecular weight excluding hydrogens is 556 g/mol. The molecule has 0 bridgehead atoms. The second-order valence-corrected chi connectivity index (χ2v) is 11.5. The van der Waals surface area contributed by atoms with E-state index in [0.717, 1.165) is 4.57 Å². The van der Waals surface area contributed by atoms with Crippen LogP contribution < -0.4 is 44.8 Å². The van der Waals surface area contributed by atoms with Gasteiger partial charge in [-0.05, 0) is 26.3 Å². The van der Waals surface area contributed by atoms with Crippen molar-refractivity contribution in [3.8, 4) is 0 Å². The number of aliphatic hydroxyl groups excluding tert-OH is 4. The molecule has 4 rings (SSSR count). The Hall–Kier alpha value is -2.29. The van der Waals surface area contributed by atoms with Gasteiger partial charge in [0, 0.05) is 55.3 Å². The van der Waals surface area contributed by atoms with E-state index in [1.54, 1.807) is 0 Å². The highest BCUT2D eigenvalue weighted by Crippen LogP contribution is 2.34. The standard InChI is InChI=1S/C25H44N8O9/c1-9-8-33(25(40)32-23(9)38)14-6-12(34)21(42-14)24(39)31-4-2-3-30-17-15(10(27)5-11(28)18(17)35)22-16(29)20(37)19(36)13(7-26)41-22/h8,10-22,30,34-37H,2-7,26-29H2,1H3,(H,31,39)(H,32,38,40)/t10-,11+,12-,13+,14+,15+,16+,17+,18-,19+,20+,21-,22+/m0/s1. The van der Waals surface area contributed by atoms with Crippen molar-refractivity contribution in [2.45, 2.75) is 99.3 Å². The molecule has 2 saturated heterocycles. The summed E-state index contributed by atoms with van der Waals surface area (Å²) < 4.78 is 12.8. The van der Waals surface area contributed by atoms with Gasteiger partial charge in [-0.1, -0.05) is 0 Å². The molecule has 1 aliphatic carbocycles. The molecule has 1 aromatic rings. The number of aromatic amines is 1. The number of carbonyl (C=O) groups is 1. The Bertz CT molecular complexity index is 1200. The molecule has 0 unspecified atom stereocenters. The van der Waals surface area contributed by atoms with Crippen molar-refractivity contribution in [3.63, 3.8) is 0 Å². The van der Waals surface area contributed by atoms with Crippen molar-refractivity contribution in [2.24, 2.45) is 28.9 Å². The molecule has 1 saturated carbocycles. The first-order valence-corrected chi connectivity index (χ1v) is 14.2. The van der Waals surface area contributed by atoms with Gasteiger partial charge < -0.3 is 63.5 Å². The number of nitrogens with one attached hydrogen (secondary N) is 3. The van der Waals surface area contributed by atoms with E-state index in [2.05, 4.69) is 15.6 Å². The van der Waals surface area contributed by atoms with Crippen LogP contribution in [0, 0.1) is 12.8 Å². The summed E-state index contributed by atoms with van der Waals surface area (Å²) in [5.41, 5.74) is 23.6. The maximum absolute atomic E-state index is 12.7. The minimum absolute atomic E-state index is 0.0192. The molecule has 17 nitrogen and oxygen atoms in total. The second-order valence-electron chi connectivity index (χ2n) is 11.5. The second kappa shape index (κ2) is 13.6. The highest BCUT2D eigenvalue weighted by molar-refractivity contribution is 5.81. The van der Waals surface area contributed by atoms with Gasteiger partial charge in [0.25, 0.3) is 11.5 Å². The molecule has 3 fully saturated rings. The van der Waals surface area contributed by atoms with Crippen molar-refractivity contribution in [3.05, 3.63) is 32.6 Å². The van der Waals surface area contributed by atoms with E-state index in [9.17, 15) is 34.8 Å². The molecule has 3 heterocycles. The number of nitrogens with two attached hydrogens (primary N) is 4. The lowest BCUT2D eigenvalue weighted by atomic mass is 9.70. The zero-order valence-corrected chi connectivity index (χ0v) is 23.4. The van der Waals surface area contributed by atoms with Gasteiger partial charge >= 0.3 is 5.69 Å². The van der Waals surface area contributed by atoms with E-state index in [1.165, 1.54) is 13.1 Å². The van der Waals surface area contributed by atoms with Crippen LogP contribution in [-0.2, 0) is 14.3 Å². The number of aromatic nitrogens is 2. The third-order valence-electron chi connectivity index (χ3n) is 8.55. The summed E-state index contributed by atoms with van der Waals surface area (Å²) in [6.45, 7) is 1.97. The van der Waals surface area contributed by atoms with Crippen LogP contribution in [-0.4, -0.2) is 122 Å². The molecule has 1 aromatic heterocycles. The van der Waals surface area contributed by atoms with Crippen LogP contribution in [0.15, 0.2) is 15.8 Å². The number of hydrogen-bond acceptors (Lipinski definition) is 14. The van der Waals surface area contributed by atoms with Gasteiger partial charge in [0.1, 0.15) is 18.4 Å². The normalized spacial score (nSPS) is 40.6. The van der Waals surface area contributed by atoms with Crippen LogP contribution in [0.1, 0.15) is 31.1 Å². The number of rotatable bonds is 9. The van der Waals surface area contributed by atoms with Gasteiger partial charge in [-0.25, -0.2) is 4.79 Å². The lowest BCUT2D eigenvalue weighted by Crippen LogP contribution is -2.72. The molecule has 2 aliphatic heterocycles. The van der Waals surface area contributed by atoms with Crippen LogP contribution in [0.3, 0.4) is 0 Å². The van der Waals surface area contributed by atoms with Gasteiger partial charge in [-0.15, -0.1) is 0 Å². The first kappa shape index (κ1) is 32.6. The quantitative estimate of drug-likeness (QED) is 0.118. The summed E-state index contributed by atoms with van der Waals surface area (Å²) in [5.74, 6) is -1.14. The number of aryl methyl sites for hydroxylation is 1. The Kier molecular flexibility index (Phi) is 10.5. The minimum Gasteiger partial charge on any atom is -0.390 e. The molecule has 238 valence electrons.